The minimum Gasteiger partial charge on any atom is -0.492 e. The average Bonchev–Trinajstić information content (AvgIpc) is 2.63. The summed E-state index contributed by atoms with van der Waals surface area (Å²) in [6, 6.07) is 7.05. The molecular weight excluding hydrogens is 346 g/mol. The Kier molecular flexibility index (Phi) is 9.08. The zero-order chi connectivity index (χ0) is 20.3. The van der Waals surface area contributed by atoms with Gasteiger partial charge in [-0.1, -0.05) is 19.0 Å². The molecular formula is C19H31N5O3. The van der Waals surface area contributed by atoms with Crippen molar-refractivity contribution in [2.24, 2.45) is 5.11 Å². The molecule has 0 saturated carbocycles. The first-order chi connectivity index (χ1) is 12.7. The van der Waals surface area contributed by atoms with Crippen molar-refractivity contribution in [3.63, 3.8) is 0 Å². The maximum absolute atomic E-state index is 12.1. The molecule has 0 atom stereocenters. The van der Waals surface area contributed by atoms with E-state index >= 15 is 0 Å². The summed E-state index contributed by atoms with van der Waals surface area (Å²) in [7, 11) is 1.89. The van der Waals surface area contributed by atoms with E-state index in [1.807, 2.05) is 20.9 Å². The third kappa shape index (κ3) is 9.28. The highest BCUT2D eigenvalue weighted by molar-refractivity contribution is 5.94. The van der Waals surface area contributed by atoms with E-state index in [0.29, 0.717) is 38.3 Å². The molecule has 0 aliphatic carbocycles. The molecule has 0 aliphatic rings. The Morgan fingerprint density at radius 2 is 1.85 bits per heavy atom. The van der Waals surface area contributed by atoms with Crippen molar-refractivity contribution in [2.75, 3.05) is 33.4 Å². The molecule has 1 rings (SSSR count). The number of nitrogens with one attached hydrogen (secondary N) is 2. The first kappa shape index (κ1) is 22.8. The molecule has 8 heteroatoms. The van der Waals surface area contributed by atoms with Gasteiger partial charge in [0.1, 0.15) is 12.4 Å². The monoisotopic (exact) mass is 377 g/mol. The Morgan fingerprint density at radius 1 is 1.19 bits per heavy atom. The number of likely N-dealkylation sites (N-methyl/N-ethyl adjacent to an activating group) is 1. The molecule has 27 heavy (non-hydrogen) atoms. The fraction of sp³-hybridized carbons (Fsp3) is 0.632. The predicted molar refractivity (Wildman–Crippen MR) is 106 cm³/mol. The van der Waals surface area contributed by atoms with Gasteiger partial charge in [-0.2, -0.15) is 0 Å². The summed E-state index contributed by atoms with van der Waals surface area (Å²) in [4.78, 5) is 14.9. The van der Waals surface area contributed by atoms with E-state index in [1.54, 1.807) is 24.3 Å². The van der Waals surface area contributed by atoms with Crippen LogP contribution in [0.25, 0.3) is 10.4 Å². The standard InChI is InChI=1S/C19H31N5O3/c1-18(2,23-24-20)10-12-26-13-11-22-17(25)15-6-8-16(9-7-15)27-14-19(3,4)21-5/h6-9,21H,10-14H2,1-5H3,(H,22,25). The zero-order valence-corrected chi connectivity index (χ0v) is 16.9. The highest BCUT2D eigenvalue weighted by Gasteiger charge is 2.16. The zero-order valence-electron chi connectivity index (χ0n) is 16.9. The molecule has 8 nitrogen and oxygen atoms in total. The molecule has 0 saturated heterocycles. The quantitative estimate of drug-likeness (QED) is 0.252. The fourth-order valence-electron chi connectivity index (χ4n) is 1.97. The molecule has 1 amide bonds. The Morgan fingerprint density at radius 3 is 2.44 bits per heavy atom. The van der Waals surface area contributed by atoms with Crippen LogP contribution >= 0.6 is 0 Å². The number of benzene rings is 1. The Labute approximate surface area is 161 Å². The van der Waals surface area contributed by atoms with Crippen molar-refractivity contribution in [1.29, 1.82) is 0 Å². The summed E-state index contributed by atoms with van der Waals surface area (Å²) in [6.45, 7) is 9.62. The summed E-state index contributed by atoms with van der Waals surface area (Å²) < 4.78 is 11.2. The van der Waals surface area contributed by atoms with Crippen molar-refractivity contribution in [3.8, 4) is 5.75 Å². The number of hydrogen-bond donors (Lipinski definition) is 2. The highest BCUT2D eigenvalue weighted by Crippen LogP contribution is 2.15. The van der Waals surface area contributed by atoms with Crippen molar-refractivity contribution in [2.45, 2.75) is 45.2 Å². The molecule has 2 N–H and O–H groups in total. The lowest BCUT2D eigenvalue weighted by atomic mass is 10.0. The number of carbonyl (C=O) groups excluding carboxylic acids is 1. The van der Waals surface area contributed by atoms with Crippen LogP contribution in [0.3, 0.4) is 0 Å². The minimum absolute atomic E-state index is 0.119. The van der Waals surface area contributed by atoms with Crippen molar-refractivity contribution in [3.05, 3.63) is 40.3 Å². The van der Waals surface area contributed by atoms with E-state index in [4.69, 9.17) is 15.0 Å². The molecule has 0 radical (unpaired) electrons. The van der Waals surface area contributed by atoms with Crippen molar-refractivity contribution < 1.29 is 14.3 Å². The van der Waals surface area contributed by atoms with Crippen LogP contribution in [-0.4, -0.2) is 50.4 Å². The first-order valence-electron chi connectivity index (χ1n) is 9.03. The Hall–Kier alpha value is -2.28. The highest BCUT2D eigenvalue weighted by atomic mass is 16.5. The second-order valence-electron chi connectivity index (χ2n) is 7.57. The van der Waals surface area contributed by atoms with Gasteiger partial charge in [-0.25, -0.2) is 0 Å². The van der Waals surface area contributed by atoms with E-state index in [2.05, 4.69) is 34.5 Å². The van der Waals surface area contributed by atoms with Gasteiger partial charge in [0.25, 0.3) is 5.91 Å². The number of amides is 1. The van der Waals surface area contributed by atoms with Crippen LogP contribution in [0.1, 0.15) is 44.5 Å². The molecule has 0 aromatic heterocycles. The largest absolute Gasteiger partial charge is 0.492 e. The van der Waals surface area contributed by atoms with E-state index < -0.39 is 5.54 Å². The SMILES string of the molecule is CNC(C)(C)COc1ccc(C(=O)NCCOCCC(C)(C)N=[N+]=[N-])cc1. The van der Waals surface area contributed by atoms with Crippen molar-refractivity contribution >= 4 is 5.91 Å². The van der Waals surface area contributed by atoms with Crippen molar-refractivity contribution in [1.82, 2.24) is 10.6 Å². The van der Waals surface area contributed by atoms with Gasteiger partial charge in [0.05, 0.1) is 6.61 Å². The maximum atomic E-state index is 12.1. The van der Waals surface area contributed by atoms with Gasteiger partial charge < -0.3 is 20.1 Å². The van der Waals surface area contributed by atoms with E-state index in [1.165, 1.54) is 0 Å². The Bertz CT molecular complexity index is 637. The average molecular weight is 377 g/mol. The second kappa shape index (κ2) is 10.8. The van der Waals surface area contributed by atoms with E-state index in [-0.39, 0.29) is 11.4 Å². The van der Waals surface area contributed by atoms with E-state index in [0.717, 1.165) is 5.75 Å². The maximum Gasteiger partial charge on any atom is 0.251 e. The number of rotatable bonds is 12. The van der Waals surface area contributed by atoms with Crippen LogP contribution in [0, 0.1) is 0 Å². The van der Waals surface area contributed by atoms with Gasteiger partial charge in [-0.05, 0) is 57.1 Å². The van der Waals surface area contributed by atoms with Crippen LogP contribution in [0.2, 0.25) is 0 Å². The molecule has 0 fully saturated rings. The normalized spacial score (nSPS) is 11.6. The smallest absolute Gasteiger partial charge is 0.251 e. The molecule has 0 bridgehead atoms. The summed E-state index contributed by atoms with van der Waals surface area (Å²) in [5.41, 5.74) is 8.45. The van der Waals surface area contributed by atoms with Gasteiger partial charge in [-0.15, -0.1) is 0 Å². The molecule has 0 unspecified atom stereocenters. The first-order valence-corrected chi connectivity index (χ1v) is 9.03. The number of hydrogen-bond acceptors (Lipinski definition) is 5. The third-order valence-corrected chi connectivity index (χ3v) is 4.10. The molecule has 150 valence electrons. The number of nitrogens with zero attached hydrogens (tertiary/aromatic N) is 3. The third-order valence-electron chi connectivity index (χ3n) is 4.10. The second-order valence-corrected chi connectivity index (χ2v) is 7.57. The molecule has 0 heterocycles. The number of azide groups is 1. The molecule has 1 aromatic carbocycles. The van der Waals surface area contributed by atoms with Gasteiger partial charge in [0.2, 0.25) is 0 Å². The van der Waals surface area contributed by atoms with Gasteiger partial charge in [0, 0.05) is 34.7 Å². The van der Waals surface area contributed by atoms with Crippen LogP contribution in [0.5, 0.6) is 5.75 Å². The Balaban J connectivity index is 2.30. The summed E-state index contributed by atoms with van der Waals surface area (Å²) in [6.07, 6.45) is 0.622. The lowest BCUT2D eigenvalue weighted by molar-refractivity contribution is 0.0900. The lowest BCUT2D eigenvalue weighted by Gasteiger charge is -2.24. The van der Waals surface area contributed by atoms with Crippen LogP contribution in [0.4, 0.5) is 0 Å². The molecule has 0 spiro atoms. The van der Waals surface area contributed by atoms with Crippen LogP contribution < -0.4 is 15.4 Å². The molecule has 0 aliphatic heterocycles. The summed E-state index contributed by atoms with van der Waals surface area (Å²) in [5, 5.41) is 9.68. The topological polar surface area (TPSA) is 108 Å². The fourth-order valence-corrected chi connectivity index (χ4v) is 1.97. The summed E-state index contributed by atoms with van der Waals surface area (Å²) in [5.74, 6) is 0.566. The van der Waals surface area contributed by atoms with Gasteiger partial charge in [0.15, 0.2) is 0 Å². The van der Waals surface area contributed by atoms with Crippen LogP contribution in [-0.2, 0) is 4.74 Å². The van der Waals surface area contributed by atoms with Gasteiger partial charge in [-0.3, -0.25) is 4.79 Å². The number of ether oxygens (including phenoxy) is 2. The molecule has 1 aromatic rings. The van der Waals surface area contributed by atoms with Gasteiger partial charge >= 0.3 is 0 Å². The summed E-state index contributed by atoms with van der Waals surface area (Å²) >= 11 is 0. The predicted octanol–water partition coefficient (Wildman–Crippen LogP) is 3.29. The lowest BCUT2D eigenvalue weighted by Crippen LogP contribution is -2.42. The van der Waals surface area contributed by atoms with Crippen LogP contribution in [0.15, 0.2) is 29.4 Å². The van der Waals surface area contributed by atoms with E-state index in [9.17, 15) is 4.79 Å². The number of carbonyl (C=O) groups is 1. The minimum atomic E-state index is -0.468.